The molecule has 0 amide bonds. The Morgan fingerprint density at radius 2 is 1.55 bits per heavy atom. The second-order valence-electron chi connectivity index (χ2n) is 21.1. The molecule has 0 aromatic rings. The summed E-state index contributed by atoms with van der Waals surface area (Å²) in [7, 11) is 0. The molecule has 0 radical (unpaired) electrons. The van der Waals surface area contributed by atoms with E-state index in [4.69, 9.17) is 14.2 Å². The first-order valence-electron chi connectivity index (χ1n) is 25.3. The Balaban J connectivity index is 1.03. The minimum Gasteiger partial charge on any atom is -0.463 e. The minimum atomic E-state index is -1.45. The van der Waals surface area contributed by atoms with Gasteiger partial charge in [0.2, 0.25) is 0 Å². The molecule has 60 heavy (non-hydrogen) atoms. The zero-order valence-corrected chi connectivity index (χ0v) is 39.3. The Morgan fingerprint density at radius 1 is 0.833 bits per heavy atom. The highest BCUT2D eigenvalue weighted by molar-refractivity contribution is 5.69. The van der Waals surface area contributed by atoms with Gasteiger partial charge < -0.3 is 29.5 Å². The average molecular weight is 839 g/mol. The number of fused-ring (bicyclic) bond motifs is 5. The highest BCUT2D eigenvalue weighted by Crippen LogP contribution is 2.67. The van der Waals surface area contributed by atoms with Crippen molar-refractivity contribution >= 4 is 5.97 Å². The molecular weight excluding hydrogens is 749 g/mol. The number of aliphatic hydroxyl groups excluding tert-OH is 3. The molecule has 7 heteroatoms. The molecule has 1 aliphatic heterocycles. The van der Waals surface area contributed by atoms with Crippen molar-refractivity contribution in [2.75, 3.05) is 6.61 Å². The molecule has 5 rings (SSSR count). The second kappa shape index (κ2) is 24.0. The van der Waals surface area contributed by atoms with Crippen LogP contribution in [0.15, 0.2) is 36.0 Å². The number of esters is 1. The number of hydrogen-bond donors (Lipinski definition) is 3. The lowest BCUT2D eigenvalue weighted by Gasteiger charge is -2.58. The first kappa shape index (κ1) is 49.5. The Hall–Kier alpha value is -1.51. The molecule has 3 N–H and O–H groups in total. The molecule has 14 atom stereocenters. The van der Waals surface area contributed by atoms with Crippen LogP contribution in [0.1, 0.15) is 196 Å². The summed E-state index contributed by atoms with van der Waals surface area (Å²) in [4.78, 5) is 12.6. The molecular formula is C53H90O7. The van der Waals surface area contributed by atoms with Gasteiger partial charge in [0.05, 0.1) is 6.10 Å². The normalized spacial score (nSPS) is 36.5. The highest BCUT2D eigenvalue weighted by Gasteiger charge is 2.59. The number of rotatable bonds is 24. The summed E-state index contributed by atoms with van der Waals surface area (Å²) in [6.45, 7) is 17.0. The van der Waals surface area contributed by atoms with E-state index in [1.54, 1.807) is 0 Å². The van der Waals surface area contributed by atoms with Gasteiger partial charge in [-0.25, -0.2) is 0 Å². The van der Waals surface area contributed by atoms with Crippen molar-refractivity contribution in [2.45, 2.75) is 233 Å². The maximum Gasteiger partial charge on any atom is 0.305 e. The van der Waals surface area contributed by atoms with Gasteiger partial charge in [-0.1, -0.05) is 129 Å². The fourth-order valence-corrected chi connectivity index (χ4v) is 13.1. The largest absolute Gasteiger partial charge is 0.463 e. The van der Waals surface area contributed by atoms with Crippen LogP contribution >= 0.6 is 0 Å². The first-order chi connectivity index (χ1) is 28.8. The maximum absolute atomic E-state index is 12.6. The summed E-state index contributed by atoms with van der Waals surface area (Å²) >= 11 is 0. The van der Waals surface area contributed by atoms with E-state index in [0.29, 0.717) is 17.8 Å². The molecule has 344 valence electrons. The minimum absolute atomic E-state index is 0.146. The number of carbonyl (C=O) groups excluding carboxylic acids is 1. The van der Waals surface area contributed by atoms with Crippen molar-refractivity contribution in [3.63, 3.8) is 0 Å². The van der Waals surface area contributed by atoms with E-state index in [-0.39, 0.29) is 24.1 Å². The van der Waals surface area contributed by atoms with Gasteiger partial charge in [-0.05, 0) is 149 Å². The van der Waals surface area contributed by atoms with Crippen LogP contribution in [0.3, 0.4) is 0 Å². The molecule has 0 aromatic carbocycles. The standard InChI is InChI=1S/C53H90O7/c1-8-10-11-12-13-14-15-16-17-18-19-20-21-22-23-24-47(54)58-36-46-48(55)49(56)50(57)51(60-46)59-41-31-33-52(6)40(35-41)27-28-42-44-30-29-43(53(44,7)34-32-45(42)52)38(5)25-26-39(9-2)37(3)4/h13-14,16-17,27,37-39,41-46,48-51,55-57H,8-12,15,18-26,28-36H2,1-7H3/b14-13-,17-16-/t38-,39+,41+,42-,43+,44-,45+,46+,48+,49-,50+,51+,52+,53-/m1/s1. The smallest absolute Gasteiger partial charge is 0.305 e. The molecule has 7 nitrogen and oxygen atoms in total. The van der Waals surface area contributed by atoms with Crippen molar-refractivity contribution < 1.29 is 34.3 Å². The van der Waals surface area contributed by atoms with Gasteiger partial charge in [0, 0.05) is 6.42 Å². The van der Waals surface area contributed by atoms with Crippen molar-refractivity contribution in [3.8, 4) is 0 Å². The summed E-state index contributed by atoms with van der Waals surface area (Å²) in [6.07, 6.45) is 31.2. The topological polar surface area (TPSA) is 105 Å². The molecule has 0 aromatic heterocycles. The van der Waals surface area contributed by atoms with E-state index in [2.05, 4.69) is 78.8 Å². The number of aliphatic hydroxyl groups is 3. The number of hydrogen-bond acceptors (Lipinski definition) is 7. The molecule has 1 saturated heterocycles. The molecule has 4 aliphatic carbocycles. The van der Waals surface area contributed by atoms with E-state index in [1.807, 2.05) is 0 Å². The van der Waals surface area contributed by atoms with Crippen molar-refractivity contribution in [2.24, 2.45) is 52.3 Å². The van der Waals surface area contributed by atoms with Gasteiger partial charge in [-0.3, -0.25) is 4.79 Å². The quantitative estimate of drug-likeness (QED) is 0.0505. The van der Waals surface area contributed by atoms with Crippen LogP contribution in [0.2, 0.25) is 0 Å². The SMILES string of the molecule is CCCCC/C=C\C/C=C\CCCCCCCC(=O)OC[C@@H]1O[C@H](O[C@H]2CC[C@@]3(C)C(=CC[C@@H]4[C@H]5CC[C@@H]([C@H](C)CC[C@H](CC)C(C)C)[C@@]5(C)CC[C@@H]43)C2)[C@@H](O)[C@H](O)[C@H]1O. The second-order valence-corrected chi connectivity index (χ2v) is 21.1. The van der Waals surface area contributed by atoms with E-state index in [0.717, 1.165) is 106 Å². The zero-order valence-electron chi connectivity index (χ0n) is 39.3. The van der Waals surface area contributed by atoms with Crippen LogP contribution in [0, 0.1) is 52.3 Å². The van der Waals surface area contributed by atoms with Gasteiger partial charge in [-0.15, -0.1) is 0 Å². The Labute approximate surface area is 367 Å². The summed E-state index contributed by atoms with van der Waals surface area (Å²) < 4.78 is 18.0. The number of allylic oxidation sites excluding steroid dienone is 5. The van der Waals surface area contributed by atoms with E-state index in [1.165, 1.54) is 76.2 Å². The van der Waals surface area contributed by atoms with Crippen molar-refractivity contribution in [1.82, 2.24) is 0 Å². The Bertz CT molecular complexity index is 1370. The Morgan fingerprint density at radius 3 is 2.27 bits per heavy atom. The van der Waals surface area contributed by atoms with Crippen molar-refractivity contribution in [1.29, 1.82) is 0 Å². The highest BCUT2D eigenvalue weighted by atomic mass is 16.7. The lowest BCUT2D eigenvalue weighted by atomic mass is 9.47. The van der Waals surface area contributed by atoms with E-state index >= 15 is 0 Å². The monoisotopic (exact) mass is 839 g/mol. The molecule has 1 heterocycles. The lowest BCUT2D eigenvalue weighted by molar-refractivity contribution is -0.313. The lowest BCUT2D eigenvalue weighted by Crippen LogP contribution is -2.60. The van der Waals surface area contributed by atoms with Gasteiger partial charge >= 0.3 is 5.97 Å². The third-order valence-corrected chi connectivity index (χ3v) is 17.0. The van der Waals surface area contributed by atoms with Crippen LogP contribution in [-0.4, -0.2) is 64.7 Å². The number of carbonyl (C=O) groups is 1. The van der Waals surface area contributed by atoms with Gasteiger partial charge in [-0.2, -0.15) is 0 Å². The van der Waals surface area contributed by atoms with Crippen LogP contribution < -0.4 is 0 Å². The van der Waals surface area contributed by atoms with Gasteiger partial charge in [0.25, 0.3) is 0 Å². The van der Waals surface area contributed by atoms with Gasteiger partial charge in [0.15, 0.2) is 6.29 Å². The summed E-state index contributed by atoms with van der Waals surface area (Å²) in [5.41, 5.74) is 2.12. The molecule has 0 unspecified atom stereocenters. The van der Waals surface area contributed by atoms with Crippen LogP contribution in [0.5, 0.6) is 0 Å². The summed E-state index contributed by atoms with van der Waals surface area (Å²) in [6, 6.07) is 0. The molecule has 3 saturated carbocycles. The first-order valence-corrected chi connectivity index (χ1v) is 25.3. The predicted octanol–water partition coefficient (Wildman–Crippen LogP) is 12.2. The molecule has 4 fully saturated rings. The van der Waals surface area contributed by atoms with E-state index in [9.17, 15) is 20.1 Å². The number of unbranched alkanes of at least 4 members (excludes halogenated alkanes) is 8. The fraction of sp³-hybridized carbons (Fsp3) is 0.868. The zero-order chi connectivity index (χ0) is 43.3. The predicted molar refractivity (Wildman–Crippen MR) is 244 cm³/mol. The average Bonchev–Trinajstić information content (AvgIpc) is 3.59. The number of ether oxygens (including phenoxy) is 3. The van der Waals surface area contributed by atoms with Crippen molar-refractivity contribution in [3.05, 3.63) is 36.0 Å². The summed E-state index contributed by atoms with van der Waals surface area (Å²) in [5.74, 6) is 5.20. The summed E-state index contributed by atoms with van der Waals surface area (Å²) in [5, 5.41) is 32.5. The third kappa shape index (κ3) is 12.6. The fourth-order valence-electron chi connectivity index (χ4n) is 13.1. The van der Waals surface area contributed by atoms with Crippen LogP contribution in [-0.2, 0) is 19.0 Å². The van der Waals surface area contributed by atoms with E-state index < -0.39 is 30.7 Å². The van der Waals surface area contributed by atoms with Crippen LogP contribution in [0.25, 0.3) is 0 Å². The van der Waals surface area contributed by atoms with Crippen LogP contribution in [0.4, 0.5) is 0 Å². The third-order valence-electron chi connectivity index (χ3n) is 17.0. The molecule has 5 aliphatic rings. The van der Waals surface area contributed by atoms with Gasteiger partial charge in [0.1, 0.15) is 31.0 Å². The maximum atomic E-state index is 12.6. The molecule has 0 spiro atoms. The Kier molecular flexibility index (Phi) is 19.8. The molecule has 0 bridgehead atoms.